The van der Waals surface area contributed by atoms with Crippen molar-refractivity contribution < 1.29 is 0 Å². The number of benzene rings is 1. The van der Waals surface area contributed by atoms with E-state index >= 15 is 0 Å². The molecule has 2 rings (SSSR count). The highest BCUT2D eigenvalue weighted by Gasteiger charge is 1.92. The molecule has 0 aliphatic rings. The molecule has 0 saturated carbocycles. The fraction of sp³-hybridized carbons (Fsp3) is 0.0833. The zero-order chi connectivity index (χ0) is 10.7. The standard InChI is InChI=1S/C12H11IN2/c1-15-8-2-3-12(15)9-14-11-6-4-10(13)5-7-11/h2-9H,1H3. The van der Waals surface area contributed by atoms with Gasteiger partial charge in [0.15, 0.2) is 0 Å². The third kappa shape index (κ3) is 2.68. The van der Waals surface area contributed by atoms with Crippen LogP contribution in [-0.2, 0) is 7.05 Å². The van der Waals surface area contributed by atoms with Crippen LogP contribution in [0.3, 0.4) is 0 Å². The van der Waals surface area contributed by atoms with Crippen molar-refractivity contribution in [3.63, 3.8) is 0 Å². The highest BCUT2D eigenvalue weighted by molar-refractivity contribution is 14.1. The van der Waals surface area contributed by atoms with Crippen LogP contribution >= 0.6 is 22.6 Å². The van der Waals surface area contributed by atoms with Crippen molar-refractivity contribution in [3.8, 4) is 0 Å². The van der Waals surface area contributed by atoms with Gasteiger partial charge in [-0.15, -0.1) is 0 Å². The molecule has 0 amide bonds. The van der Waals surface area contributed by atoms with Crippen LogP contribution in [0.1, 0.15) is 5.69 Å². The number of rotatable bonds is 2. The van der Waals surface area contributed by atoms with Crippen LogP contribution in [0.25, 0.3) is 0 Å². The van der Waals surface area contributed by atoms with Gasteiger partial charge in [-0.3, -0.25) is 4.99 Å². The summed E-state index contributed by atoms with van der Waals surface area (Å²) in [6.07, 6.45) is 3.89. The Bertz CT molecular complexity index is 469. The first-order valence-electron chi connectivity index (χ1n) is 4.67. The molecule has 0 spiro atoms. The summed E-state index contributed by atoms with van der Waals surface area (Å²) in [5.41, 5.74) is 2.09. The molecule has 2 nitrogen and oxygen atoms in total. The van der Waals surface area contributed by atoms with E-state index in [9.17, 15) is 0 Å². The number of halogens is 1. The minimum Gasteiger partial charge on any atom is -0.350 e. The summed E-state index contributed by atoms with van der Waals surface area (Å²) in [6.45, 7) is 0. The summed E-state index contributed by atoms with van der Waals surface area (Å²) in [6, 6.07) is 12.2. The summed E-state index contributed by atoms with van der Waals surface area (Å²) >= 11 is 2.28. The van der Waals surface area contributed by atoms with E-state index in [4.69, 9.17) is 0 Å². The maximum atomic E-state index is 4.40. The minimum atomic E-state index is 0.983. The van der Waals surface area contributed by atoms with Crippen LogP contribution in [-0.4, -0.2) is 10.8 Å². The summed E-state index contributed by atoms with van der Waals surface area (Å²) in [4.78, 5) is 4.40. The van der Waals surface area contributed by atoms with Crippen molar-refractivity contribution in [1.82, 2.24) is 4.57 Å². The molecule has 15 heavy (non-hydrogen) atoms. The van der Waals surface area contributed by atoms with Gasteiger partial charge in [0.05, 0.1) is 17.6 Å². The van der Waals surface area contributed by atoms with Crippen LogP contribution in [0.4, 0.5) is 5.69 Å². The molecule has 0 aliphatic heterocycles. The number of aryl methyl sites for hydroxylation is 1. The molecule has 76 valence electrons. The molecule has 0 fully saturated rings. The molecule has 1 aromatic carbocycles. The summed E-state index contributed by atoms with van der Waals surface area (Å²) in [7, 11) is 2.01. The Morgan fingerprint density at radius 2 is 1.93 bits per heavy atom. The van der Waals surface area contributed by atoms with E-state index in [1.165, 1.54) is 3.57 Å². The Morgan fingerprint density at radius 1 is 1.20 bits per heavy atom. The fourth-order valence-electron chi connectivity index (χ4n) is 1.28. The summed E-state index contributed by atoms with van der Waals surface area (Å²) < 4.78 is 3.27. The average Bonchev–Trinajstić information content (AvgIpc) is 2.63. The predicted octanol–water partition coefficient (Wildman–Crippen LogP) is 3.38. The number of hydrogen-bond donors (Lipinski definition) is 0. The van der Waals surface area contributed by atoms with E-state index in [0.717, 1.165) is 11.4 Å². The van der Waals surface area contributed by atoms with Crippen LogP contribution in [0.15, 0.2) is 47.6 Å². The molecule has 0 atom stereocenters. The highest BCUT2D eigenvalue weighted by atomic mass is 127. The lowest BCUT2D eigenvalue weighted by Gasteiger charge is -1.96. The Labute approximate surface area is 103 Å². The first kappa shape index (κ1) is 10.4. The normalized spacial score (nSPS) is 11.1. The topological polar surface area (TPSA) is 17.3 Å². The van der Waals surface area contributed by atoms with Gasteiger partial charge in [0.25, 0.3) is 0 Å². The second-order valence-corrected chi connectivity index (χ2v) is 4.52. The van der Waals surface area contributed by atoms with E-state index in [0.29, 0.717) is 0 Å². The molecule has 0 bridgehead atoms. The van der Waals surface area contributed by atoms with Crippen molar-refractivity contribution >= 4 is 34.5 Å². The van der Waals surface area contributed by atoms with Gasteiger partial charge in [-0.05, 0) is 59.0 Å². The molecule has 2 aromatic rings. The summed E-state index contributed by atoms with van der Waals surface area (Å²) in [5.74, 6) is 0. The molecular weight excluding hydrogens is 299 g/mol. The van der Waals surface area contributed by atoms with E-state index in [2.05, 4.69) is 39.7 Å². The highest BCUT2D eigenvalue weighted by Crippen LogP contribution is 2.14. The van der Waals surface area contributed by atoms with Crippen LogP contribution < -0.4 is 0 Å². The SMILES string of the molecule is Cn1cccc1C=Nc1ccc(I)cc1. The summed E-state index contributed by atoms with van der Waals surface area (Å²) in [5, 5.41) is 0. The zero-order valence-corrected chi connectivity index (χ0v) is 10.5. The lowest BCUT2D eigenvalue weighted by atomic mass is 10.3. The van der Waals surface area contributed by atoms with Crippen molar-refractivity contribution in [2.24, 2.45) is 12.0 Å². The fourth-order valence-corrected chi connectivity index (χ4v) is 1.64. The molecule has 0 unspecified atom stereocenters. The monoisotopic (exact) mass is 310 g/mol. The van der Waals surface area contributed by atoms with E-state index < -0.39 is 0 Å². The van der Waals surface area contributed by atoms with Crippen molar-refractivity contribution in [3.05, 3.63) is 51.9 Å². The van der Waals surface area contributed by atoms with Crippen LogP contribution in [0, 0.1) is 3.57 Å². The Balaban J connectivity index is 2.19. The van der Waals surface area contributed by atoms with Crippen molar-refractivity contribution in [1.29, 1.82) is 0 Å². The first-order valence-corrected chi connectivity index (χ1v) is 5.74. The maximum absolute atomic E-state index is 4.40. The average molecular weight is 310 g/mol. The molecule has 0 aliphatic carbocycles. The second-order valence-electron chi connectivity index (χ2n) is 3.28. The van der Waals surface area contributed by atoms with Gasteiger partial charge in [-0.2, -0.15) is 0 Å². The van der Waals surface area contributed by atoms with Gasteiger partial charge in [0, 0.05) is 16.8 Å². The number of nitrogens with zero attached hydrogens (tertiary/aromatic N) is 2. The predicted molar refractivity (Wildman–Crippen MR) is 71.8 cm³/mol. The largest absolute Gasteiger partial charge is 0.350 e. The van der Waals surface area contributed by atoms with Gasteiger partial charge in [0.1, 0.15) is 0 Å². The third-order valence-electron chi connectivity index (χ3n) is 2.16. The molecule has 0 radical (unpaired) electrons. The zero-order valence-electron chi connectivity index (χ0n) is 8.39. The first-order chi connectivity index (χ1) is 7.25. The van der Waals surface area contributed by atoms with Gasteiger partial charge in [-0.1, -0.05) is 0 Å². The molecule has 0 N–H and O–H groups in total. The molecule has 1 heterocycles. The second kappa shape index (κ2) is 4.61. The van der Waals surface area contributed by atoms with Crippen molar-refractivity contribution in [2.75, 3.05) is 0 Å². The maximum Gasteiger partial charge on any atom is 0.0631 e. The van der Waals surface area contributed by atoms with Gasteiger partial charge < -0.3 is 4.57 Å². The Morgan fingerprint density at radius 3 is 2.53 bits per heavy atom. The van der Waals surface area contributed by atoms with Crippen LogP contribution in [0.2, 0.25) is 0 Å². The quantitative estimate of drug-likeness (QED) is 0.598. The molecule has 1 aromatic heterocycles. The molecular formula is C12H11IN2. The van der Waals surface area contributed by atoms with E-state index in [-0.39, 0.29) is 0 Å². The van der Waals surface area contributed by atoms with Gasteiger partial charge in [-0.25, -0.2) is 0 Å². The van der Waals surface area contributed by atoms with E-state index in [1.807, 2.05) is 48.3 Å². The number of aromatic nitrogens is 1. The third-order valence-corrected chi connectivity index (χ3v) is 2.88. The van der Waals surface area contributed by atoms with Gasteiger partial charge in [0.2, 0.25) is 0 Å². The number of aliphatic imine (C=N–C) groups is 1. The molecule has 0 saturated heterocycles. The Hall–Kier alpha value is -1.10. The van der Waals surface area contributed by atoms with E-state index in [1.54, 1.807) is 0 Å². The lowest BCUT2D eigenvalue weighted by molar-refractivity contribution is 0.918. The Kier molecular flexibility index (Phi) is 3.20. The van der Waals surface area contributed by atoms with Crippen LogP contribution in [0.5, 0.6) is 0 Å². The number of hydrogen-bond acceptors (Lipinski definition) is 1. The smallest absolute Gasteiger partial charge is 0.0631 e. The molecule has 3 heteroatoms. The van der Waals surface area contributed by atoms with Crippen molar-refractivity contribution in [2.45, 2.75) is 0 Å². The minimum absolute atomic E-state index is 0.983. The lowest BCUT2D eigenvalue weighted by Crippen LogP contribution is -1.91. The van der Waals surface area contributed by atoms with Gasteiger partial charge >= 0.3 is 0 Å².